The van der Waals surface area contributed by atoms with Gasteiger partial charge < -0.3 is 9.47 Å². The lowest BCUT2D eigenvalue weighted by molar-refractivity contribution is -0.135. The fourth-order valence-corrected chi connectivity index (χ4v) is 5.42. The SMILES string of the molecule is CCN1C(=O)S/C(=C\c2cn(CC(=O)N3CCCC[C@H]3C)c3ccc(Br)cc23)C1=O. The van der Waals surface area contributed by atoms with E-state index in [1.165, 1.54) is 11.3 Å². The van der Waals surface area contributed by atoms with Crippen LogP contribution in [0.2, 0.25) is 0 Å². The van der Waals surface area contributed by atoms with E-state index < -0.39 is 0 Å². The van der Waals surface area contributed by atoms with Crippen molar-refractivity contribution in [2.24, 2.45) is 0 Å². The van der Waals surface area contributed by atoms with Crippen LogP contribution in [0.5, 0.6) is 0 Å². The summed E-state index contributed by atoms with van der Waals surface area (Å²) in [5.41, 5.74) is 1.75. The van der Waals surface area contributed by atoms with Gasteiger partial charge in [-0.1, -0.05) is 15.9 Å². The molecule has 0 N–H and O–H groups in total. The number of nitrogens with zero attached hydrogens (tertiary/aromatic N) is 3. The average Bonchev–Trinajstić information content (AvgIpc) is 3.18. The molecule has 1 aromatic carbocycles. The first kappa shape index (κ1) is 21.2. The molecule has 8 heteroatoms. The minimum atomic E-state index is -0.262. The molecule has 0 bridgehead atoms. The first-order chi connectivity index (χ1) is 14.4. The quantitative estimate of drug-likeness (QED) is 0.575. The minimum Gasteiger partial charge on any atom is -0.338 e. The number of aromatic nitrogens is 1. The fourth-order valence-electron chi connectivity index (χ4n) is 4.16. The highest BCUT2D eigenvalue weighted by atomic mass is 79.9. The molecule has 0 spiro atoms. The second kappa shape index (κ2) is 8.59. The van der Waals surface area contributed by atoms with Gasteiger partial charge in [0, 0.05) is 46.3 Å². The number of halogens is 1. The second-order valence-corrected chi connectivity index (χ2v) is 9.64. The van der Waals surface area contributed by atoms with Crippen molar-refractivity contribution in [1.82, 2.24) is 14.4 Å². The van der Waals surface area contributed by atoms with Crippen molar-refractivity contribution in [3.63, 3.8) is 0 Å². The number of amides is 3. The fraction of sp³-hybridized carbons (Fsp3) is 0.409. The van der Waals surface area contributed by atoms with Crippen LogP contribution in [0.15, 0.2) is 33.8 Å². The zero-order valence-corrected chi connectivity index (χ0v) is 19.5. The summed E-state index contributed by atoms with van der Waals surface area (Å²) in [5, 5.41) is 0.695. The normalized spacial score (nSPS) is 21.3. The van der Waals surface area contributed by atoms with Gasteiger partial charge in [0.05, 0.1) is 4.91 Å². The van der Waals surface area contributed by atoms with Crippen LogP contribution in [0.1, 0.15) is 38.7 Å². The van der Waals surface area contributed by atoms with E-state index >= 15 is 0 Å². The molecule has 1 aromatic heterocycles. The Balaban J connectivity index is 1.69. The summed E-state index contributed by atoms with van der Waals surface area (Å²) in [5.74, 6) is -0.151. The summed E-state index contributed by atoms with van der Waals surface area (Å²) in [6.07, 6.45) is 6.93. The molecule has 0 aliphatic carbocycles. The van der Waals surface area contributed by atoms with Crippen LogP contribution < -0.4 is 0 Å². The largest absolute Gasteiger partial charge is 0.338 e. The number of imide groups is 1. The average molecular weight is 490 g/mol. The van der Waals surface area contributed by atoms with Crippen LogP contribution in [0.3, 0.4) is 0 Å². The number of carbonyl (C=O) groups is 3. The predicted molar refractivity (Wildman–Crippen MR) is 123 cm³/mol. The van der Waals surface area contributed by atoms with Gasteiger partial charge in [0.1, 0.15) is 6.54 Å². The molecule has 1 atom stereocenters. The van der Waals surface area contributed by atoms with Crippen molar-refractivity contribution in [3.05, 3.63) is 39.3 Å². The van der Waals surface area contributed by atoms with E-state index in [9.17, 15) is 14.4 Å². The highest BCUT2D eigenvalue weighted by molar-refractivity contribution is 9.10. The molecular weight excluding hydrogens is 466 g/mol. The van der Waals surface area contributed by atoms with E-state index in [1.54, 1.807) is 13.0 Å². The Kier molecular flexibility index (Phi) is 6.06. The van der Waals surface area contributed by atoms with E-state index in [0.29, 0.717) is 11.4 Å². The van der Waals surface area contributed by atoms with Gasteiger partial charge in [0.2, 0.25) is 5.91 Å². The summed E-state index contributed by atoms with van der Waals surface area (Å²) in [6.45, 7) is 5.32. The molecule has 6 nitrogen and oxygen atoms in total. The molecule has 0 radical (unpaired) electrons. The number of likely N-dealkylation sites (tertiary alicyclic amines) is 1. The molecular formula is C22H24BrN3O3S. The van der Waals surface area contributed by atoms with Crippen molar-refractivity contribution >= 4 is 61.7 Å². The Labute approximate surface area is 188 Å². The molecule has 2 aliphatic rings. The third-order valence-corrected chi connectivity index (χ3v) is 7.18. The van der Waals surface area contributed by atoms with Crippen LogP contribution in [0.4, 0.5) is 4.79 Å². The zero-order valence-electron chi connectivity index (χ0n) is 17.1. The summed E-state index contributed by atoms with van der Waals surface area (Å²) in [6, 6.07) is 6.17. The van der Waals surface area contributed by atoms with Crippen LogP contribution in [-0.2, 0) is 16.1 Å². The van der Waals surface area contributed by atoms with Gasteiger partial charge in [0.15, 0.2) is 0 Å². The standard InChI is InChI=1S/C22H24BrN3O3S/c1-3-25-21(28)19(30-22(25)29)10-15-12-24(18-8-7-16(23)11-17(15)18)13-20(27)26-9-5-4-6-14(26)2/h7-8,10-12,14H,3-6,9,13H2,1-2H3/b19-10-/t14-/m1/s1. The van der Waals surface area contributed by atoms with E-state index in [2.05, 4.69) is 22.9 Å². The molecule has 0 saturated carbocycles. The van der Waals surface area contributed by atoms with Gasteiger partial charge in [-0.15, -0.1) is 0 Å². The topological polar surface area (TPSA) is 62.6 Å². The van der Waals surface area contributed by atoms with Crippen LogP contribution in [-0.4, -0.2) is 50.6 Å². The summed E-state index contributed by atoms with van der Waals surface area (Å²) in [7, 11) is 0. The molecule has 3 amide bonds. The van der Waals surface area contributed by atoms with Gasteiger partial charge in [-0.2, -0.15) is 0 Å². The maximum absolute atomic E-state index is 13.0. The van der Waals surface area contributed by atoms with Crippen molar-refractivity contribution in [2.45, 2.75) is 45.7 Å². The monoisotopic (exact) mass is 489 g/mol. The molecule has 30 heavy (non-hydrogen) atoms. The van der Waals surface area contributed by atoms with Crippen LogP contribution in [0.25, 0.3) is 17.0 Å². The molecule has 2 aliphatic heterocycles. The van der Waals surface area contributed by atoms with E-state index in [-0.39, 0.29) is 29.6 Å². The van der Waals surface area contributed by atoms with Gasteiger partial charge in [-0.3, -0.25) is 19.3 Å². The van der Waals surface area contributed by atoms with Gasteiger partial charge in [0.25, 0.3) is 11.1 Å². The predicted octanol–water partition coefficient (Wildman–Crippen LogP) is 4.86. The second-order valence-electron chi connectivity index (χ2n) is 7.73. The van der Waals surface area contributed by atoms with Crippen molar-refractivity contribution in [3.8, 4) is 0 Å². The van der Waals surface area contributed by atoms with Crippen LogP contribution in [0, 0.1) is 0 Å². The molecule has 2 fully saturated rings. The zero-order chi connectivity index (χ0) is 21.4. The lowest BCUT2D eigenvalue weighted by atomic mass is 10.0. The van der Waals surface area contributed by atoms with Crippen molar-refractivity contribution < 1.29 is 14.4 Å². The Bertz CT molecular complexity index is 1060. The number of likely N-dealkylation sites (N-methyl/N-ethyl adjacent to an activating group) is 1. The highest BCUT2D eigenvalue weighted by Crippen LogP contribution is 2.34. The Morgan fingerprint density at radius 2 is 2.10 bits per heavy atom. The molecule has 3 heterocycles. The summed E-state index contributed by atoms with van der Waals surface area (Å²) >= 11 is 4.47. The molecule has 2 aromatic rings. The maximum atomic E-state index is 13.0. The third-order valence-electron chi connectivity index (χ3n) is 5.78. The number of rotatable bonds is 4. The number of hydrogen-bond acceptors (Lipinski definition) is 4. The lowest BCUT2D eigenvalue weighted by Gasteiger charge is -2.33. The van der Waals surface area contributed by atoms with Crippen LogP contribution >= 0.6 is 27.7 Å². The number of fused-ring (bicyclic) bond motifs is 1. The van der Waals surface area contributed by atoms with E-state index in [1.807, 2.05) is 33.9 Å². The Morgan fingerprint density at radius 1 is 1.30 bits per heavy atom. The number of piperidine rings is 1. The van der Waals surface area contributed by atoms with Crippen molar-refractivity contribution in [1.29, 1.82) is 0 Å². The molecule has 0 unspecified atom stereocenters. The van der Waals surface area contributed by atoms with E-state index in [0.717, 1.165) is 52.1 Å². The summed E-state index contributed by atoms with van der Waals surface area (Å²) < 4.78 is 2.86. The highest BCUT2D eigenvalue weighted by Gasteiger charge is 2.34. The summed E-state index contributed by atoms with van der Waals surface area (Å²) in [4.78, 5) is 41.2. The van der Waals surface area contributed by atoms with Crippen molar-refractivity contribution in [2.75, 3.05) is 13.1 Å². The minimum absolute atomic E-state index is 0.111. The van der Waals surface area contributed by atoms with Gasteiger partial charge in [-0.25, -0.2) is 0 Å². The lowest BCUT2D eigenvalue weighted by Crippen LogP contribution is -2.43. The molecule has 4 rings (SSSR count). The smallest absolute Gasteiger partial charge is 0.293 e. The Hall–Kier alpha value is -2.06. The number of benzene rings is 1. The number of carbonyl (C=O) groups excluding carboxylic acids is 3. The number of thioether (sulfide) groups is 1. The maximum Gasteiger partial charge on any atom is 0.293 e. The van der Waals surface area contributed by atoms with Gasteiger partial charge in [-0.05, 0) is 69.1 Å². The molecule has 2 saturated heterocycles. The first-order valence-corrected chi connectivity index (χ1v) is 11.8. The number of hydrogen-bond donors (Lipinski definition) is 0. The van der Waals surface area contributed by atoms with E-state index in [4.69, 9.17) is 0 Å². The van der Waals surface area contributed by atoms with Gasteiger partial charge >= 0.3 is 0 Å². The Morgan fingerprint density at radius 3 is 2.80 bits per heavy atom. The molecule has 158 valence electrons. The first-order valence-electron chi connectivity index (χ1n) is 10.2. The third kappa shape index (κ3) is 3.95.